The van der Waals surface area contributed by atoms with Gasteiger partial charge in [-0.3, -0.25) is 4.90 Å². The van der Waals surface area contributed by atoms with Crippen LogP contribution in [0.5, 0.6) is 0 Å². The van der Waals surface area contributed by atoms with E-state index >= 15 is 0 Å². The lowest BCUT2D eigenvalue weighted by Gasteiger charge is -2.26. The van der Waals surface area contributed by atoms with E-state index in [4.69, 9.17) is 9.15 Å². The van der Waals surface area contributed by atoms with Crippen molar-refractivity contribution in [2.75, 3.05) is 44.7 Å². The van der Waals surface area contributed by atoms with Crippen molar-refractivity contribution in [2.24, 2.45) is 0 Å². The molecule has 0 bridgehead atoms. The summed E-state index contributed by atoms with van der Waals surface area (Å²) in [5.74, 6) is 0.413. The molecule has 0 amide bonds. The number of nitrogens with one attached hydrogen (secondary N) is 1. The molecule has 1 aliphatic heterocycles. The number of nitrogens with zero attached hydrogens (tertiary/aromatic N) is 3. The Morgan fingerprint density at radius 2 is 2.00 bits per heavy atom. The minimum Gasteiger partial charge on any atom is -0.420 e. The highest BCUT2D eigenvalue weighted by Crippen LogP contribution is 2.18. The summed E-state index contributed by atoms with van der Waals surface area (Å²) in [6.07, 6.45) is 3.41. The van der Waals surface area contributed by atoms with Gasteiger partial charge in [0, 0.05) is 32.3 Å². The molecule has 0 aliphatic carbocycles. The summed E-state index contributed by atoms with van der Waals surface area (Å²) in [7, 11) is 0. The molecule has 0 radical (unpaired) electrons. The fourth-order valence-corrected chi connectivity index (χ4v) is 2.50. The van der Waals surface area contributed by atoms with Gasteiger partial charge in [0.05, 0.1) is 13.2 Å². The number of morpholine rings is 1. The van der Waals surface area contributed by atoms with Gasteiger partial charge in [0.15, 0.2) is 0 Å². The van der Waals surface area contributed by atoms with E-state index in [0.29, 0.717) is 18.3 Å². The van der Waals surface area contributed by atoms with Gasteiger partial charge in [0.1, 0.15) is 11.9 Å². The lowest BCUT2D eigenvalue weighted by Crippen LogP contribution is -2.39. The van der Waals surface area contributed by atoms with Crippen LogP contribution in [0, 0.1) is 17.1 Å². The summed E-state index contributed by atoms with van der Waals surface area (Å²) in [6, 6.07) is 8.10. The number of anilines is 1. The zero-order valence-corrected chi connectivity index (χ0v) is 13.7. The molecule has 1 saturated heterocycles. The van der Waals surface area contributed by atoms with Crippen molar-refractivity contribution in [2.45, 2.75) is 0 Å². The number of rotatable bonds is 6. The second-order valence-corrected chi connectivity index (χ2v) is 5.61. The molecule has 130 valence electrons. The Labute approximate surface area is 145 Å². The number of hydrogen-bond donors (Lipinski definition) is 1. The first-order chi connectivity index (χ1) is 12.2. The molecule has 1 aromatic carbocycles. The summed E-state index contributed by atoms with van der Waals surface area (Å²) in [4.78, 5) is 6.43. The Balaban J connectivity index is 1.59. The highest BCUT2D eigenvalue weighted by molar-refractivity contribution is 5.67. The van der Waals surface area contributed by atoms with Gasteiger partial charge in [-0.2, -0.15) is 10.2 Å². The molecule has 7 heteroatoms. The van der Waals surface area contributed by atoms with Crippen LogP contribution in [0.3, 0.4) is 0 Å². The molecule has 0 unspecified atom stereocenters. The zero-order chi connectivity index (χ0) is 17.5. The molecule has 1 aliphatic rings. The van der Waals surface area contributed by atoms with Gasteiger partial charge in [-0.15, -0.1) is 0 Å². The van der Waals surface area contributed by atoms with Crippen molar-refractivity contribution in [3.05, 3.63) is 47.2 Å². The Hall–Kier alpha value is -2.69. The van der Waals surface area contributed by atoms with Gasteiger partial charge in [-0.25, -0.2) is 4.39 Å². The van der Waals surface area contributed by atoms with Gasteiger partial charge in [-0.05, 0) is 23.8 Å². The highest BCUT2D eigenvalue weighted by atomic mass is 19.1. The minimum absolute atomic E-state index is 0.223. The topological polar surface area (TPSA) is 74.3 Å². The van der Waals surface area contributed by atoms with Crippen LogP contribution in [0.2, 0.25) is 0 Å². The fourth-order valence-electron chi connectivity index (χ4n) is 2.50. The SMILES string of the molecule is N#Cc1nc(/C=C/c2ccc(F)cc2)oc1NCCN1CCOCC1. The molecular formula is C18H19FN4O2. The normalized spacial score (nSPS) is 15.4. The summed E-state index contributed by atoms with van der Waals surface area (Å²) < 4.78 is 23.8. The van der Waals surface area contributed by atoms with Gasteiger partial charge < -0.3 is 14.5 Å². The average Bonchev–Trinajstić information content (AvgIpc) is 3.04. The van der Waals surface area contributed by atoms with Crippen LogP contribution >= 0.6 is 0 Å². The number of aromatic nitrogens is 1. The number of benzene rings is 1. The maximum absolute atomic E-state index is 12.9. The number of hydrogen-bond acceptors (Lipinski definition) is 6. The van der Waals surface area contributed by atoms with Crippen molar-refractivity contribution < 1.29 is 13.5 Å². The largest absolute Gasteiger partial charge is 0.420 e. The van der Waals surface area contributed by atoms with E-state index in [0.717, 1.165) is 38.4 Å². The first-order valence-electron chi connectivity index (χ1n) is 8.13. The van der Waals surface area contributed by atoms with Crippen LogP contribution in [0.1, 0.15) is 17.1 Å². The maximum atomic E-state index is 12.9. The van der Waals surface area contributed by atoms with Crippen LogP contribution < -0.4 is 5.32 Å². The third kappa shape index (κ3) is 4.89. The molecule has 1 aromatic heterocycles. The maximum Gasteiger partial charge on any atom is 0.232 e. The third-order valence-corrected chi connectivity index (χ3v) is 3.86. The molecule has 2 heterocycles. The molecule has 0 atom stereocenters. The Morgan fingerprint density at radius 1 is 1.24 bits per heavy atom. The second kappa shape index (κ2) is 8.42. The number of oxazole rings is 1. The monoisotopic (exact) mass is 342 g/mol. The number of ether oxygens (including phenoxy) is 1. The van der Waals surface area contributed by atoms with Crippen molar-refractivity contribution in [3.8, 4) is 6.07 Å². The molecule has 25 heavy (non-hydrogen) atoms. The predicted octanol–water partition coefficient (Wildman–Crippen LogP) is 2.60. The highest BCUT2D eigenvalue weighted by Gasteiger charge is 2.13. The van der Waals surface area contributed by atoms with Crippen LogP contribution in [0.25, 0.3) is 12.2 Å². The predicted molar refractivity (Wildman–Crippen MR) is 92.3 cm³/mol. The zero-order valence-electron chi connectivity index (χ0n) is 13.7. The minimum atomic E-state index is -0.285. The van der Waals surface area contributed by atoms with E-state index < -0.39 is 0 Å². The van der Waals surface area contributed by atoms with E-state index in [1.165, 1.54) is 12.1 Å². The molecule has 6 nitrogen and oxygen atoms in total. The van der Waals surface area contributed by atoms with Crippen molar-refractivity contribution in [1.82, 2.24) is 9.88 Å². The summed E-state index contributed by atoms with van der Waals surface area (Å²) >= 11 is 0. The lowest BCUT2D eigenvalue weighted by molar-refractivity contribution is 0.0398. The van der Waals surface area contributed by atoms with E-state index in [9.17, 15) is 9.65 Å². The average molecular weight is 342 g/mol. The van der Waals surface area contributed by atoms with Crippen molar-refractivity contribution in [3.63, 3.8) is 0 Å². The van der Waals surface area contributed by atoms with Crippen molar-refractivity contribution >= 4 is 18.0 Å². The molecule has 0 spiro atoms. The van der Waals surface area contributed by atoms with E-state index in [-0.39, 0.29) is 11.5 Å². The first kappa shape index (κ1) is 17.1. The van der Waals surface area contributed by atoms with E-state index in [1.54, 1.807) is 24.3 Å². The summed E-state index contributed by atoms with van der Waals surface area (Å²) in [5, 5.41) is 12.3. The molecule has 3 rings (SSSR count). The van der Waals surface area contributed by atoms with E-state index in [1.807, 2.05) is 6.07 Å². The molecule has 0 saturated carbocycles. The Morgan fingerprint density at radius 3 is 2.72 bits per heavy atom. The summed E-state index contributed by atoms with van der Waals surface area (Å²) in [6.45, 7) is 4.83. The van der Waals surface area contributed by atoms with Crippen LogP contribution in [0.15, 0.2) is 28.7 Å². The number of halogens is 1. The molecule has 2 aromatic rings. The van der Waals surface area contributed by atoms with E-state index in [2.05, 4.69) is 15.2 Å². The number of nitriles is 1. The smallest absolute Gasteiger partial charge is 0.232 e. The van der Waals surface area contributed by atoms with Crippen LogP contribution in [-0.2, 0) is 4.74 Å². The van der Waals surface area contributed by atoms with Gasteiger partial charge in [0.2, 0.25) is 17.5 Å². The second-order valence-electron chi connectivity index (χ2n) is 5.61. The first-order valence-corrected chi connectivity index (χ1v) is 8.13. The Kier molecular flexibility index (Phi) is 5.77. The Bertz CT molecular complexity index is 758. The molecule has 1 fully saturated rings. The van der Waals surface area contributed by atoms with Crippen molar-refractivity contribution in [1.29, 1.82) is 5.26 Å². The lowest BCUT2D eigenvalue weighted by atomic mass is 10.2. The quantitative estimate of drug-likeness (QED) is 0.870. The van der Waals surface area contributed by atoms with Crippen LogP contribution in [-0.4, -0.2) is 49.3 Å². The summed E-state index contributed by atoms with van der Waals surface area (Å²) in [5.41, 5.74) is 1.04. The van der Waals surface area contributed by atoms with Gasteiger partial charge in [0.25, 0.3) is 0 Å². The molecule has 1 N–H and O–H groups in total. The molecular weight excluding hydrogens is 323 g/mol. The van der Waals surface area contributed by atoms with Crippen LogP contribution in [0.4, 0.5) is 10.3 Å². The standard InChI is InChI=1S/C18H19FN4O2/c19-15-4-1-14(2-5-15)3-6-17-22-16(13-20)18(25-17)21-7-8-23-9-11-24-12-10-23/h1-6,21H,7-12H2/b6-3+. The van der Waals surface area contributed by atoms with Gasteiger partial charge >= 0.3 is 0 Å². The fraction of sp³-hybridized carbons (Fsp3) is 0.333. The van der Waals surface area contributed by atoms with Gasteiger partial charge in [-0.1, -0.05) is 12.1 Å². The third-order valence-electron chi connectivity index (χ3n) is 3.86.